The number of hydrogen-bond donors (Lipinski definition) is 1. The SMILES string of the molecule is CSCC[C@H](NC(=O)OC(C)(C)C)C(=O)n1nnc2ccccc21. The molecule has 0 aliphatic carbocycles. The van der Waals surface area contributed by atoms with E-state index >= 15 is 0 Å². The Balaban J connectivity index is 2.20. The Hall–Kier alpha value is -2.09. The van der Waals surface area contributed by atoms with E-state index in [1.54, 1.807) is 44.7 Å². The van der Waals surface area contributed by atoms with Crippen molar-refractivity contribution in [1.82, 2.24) is 20.3 Å². The maximum Gasteiger partial charge on any atom is 0.408 e. The Bertz CT molecular complexity index is 723. The van der Waals surface area contributed by atoms with Crippen LogP contribution in [-0.2, 0) is 4.74 Å². The normalized spacial score (nSPS) is 12.8. The van der Waals surface area contributed by atoms with Crippen molar-refractivity contribution >= 4 is 34.8 Å². The molecule has 0 bridgehead atoms. The number of alkyl carbamates (subject to hydrolysis) is 1. The van der Waals surface area contributed by atoms with E-state index in [1.807, 2.05) is 18.4 Å². The van der Waals surface area contributed by atoms with Crippen molar-refractivity contribution in [3.05, 3.63) is 24.3 Å². The van der Waals surface area contributed by atoms with Gasteiger partial charge in [-0.15, -0.1) is 5.10 Å². The average Bonchev–Trinajstić information content (AvgIpc) is 2.93. The second kappa shape index (κ2) is 7.65. The van der Waals surface area contributed by atoms with Gasteiger partial charge < -0.3 is 10.1 Å². The minimum absolute atomic E-state index is 0.330. The van der Waals surface area contributed by atoms with Crippen LogP contribution in [0.15, 0.2) is 24.3 Å². The third-order valence-electron chi connectivity index (χ3n) is 3.16. The van der Waals surface area contributed by atoms with Crippen LogP contribution in [0.1, 0.15) is 32.0 Å². The van der Waals surface area contributed by atoms with Crippen molar-refractivity contribution in [2.75, 3.05) is 12.0 Å². The summed E-state index contributed by atoms with van der Waals surface area (Å²) in [5.74, 6) is 0.391. The number of para-hydroxylation sites is 1. The first kappa shape index (κ1) is 18.3. The Kier molecular flexibility index (Phi) is 5.82. The van der Waals surface area contributed by atoms with Crippen molar-refractivity contribution in [2.24, 2.45) is 0 Å². The molecule has 0 radical (unpaired) electrons. The maximum atomic E-state index is 12.8. The van der Waals surface area contributed by atoms with Gasteiger partial charge in [0.15, 0.2) is 0 Å². The van der Waals surface area contributed by atoms with Crippen molar-refractivity contribution in [1.29, 1.82) is 0 Å². The van der Waals surface area contributed by atoms with Crippen LogP contribution >= 0.6 is 11.8 Å². The molecule has 0 fully saturated rings. The highest BCUT2D eigenvalue weighted by Gasteiger charge is 2.26. The number of hydrogen-bond acceptors (Lipinski definition) is 6. The third kappa shape index (κ3) is 4.70. The highest BCUT2D eigenvalue weighted by Crippen LogP contribution is 2.13. The number of nitrogens with zero attached hydrogens (tertiary/aromatic N) is 3. The van der Waals surface area contributed by atoms with Crippen LogP contribution in [0.4, 0.5) is 4.79 Å². The van der Waals surface area contributed by atoms with Crippen molar-refractivity contribution in [3.8, 4) is 0 Å². The number of ether oxygens (including phenoxy) is 1. The third-order valence-corrected chi connectivity index (χ3v) is 3.80. The number of nitrogens with one attached hydrogen (secondary N) is 1. The number of benzene rings is 1. The lowest BCUT2D eigenvalue weighted by atomic mass is 10.2. The zero-order chi connectivity index (χ0) is 17.7. The van der Waals surface area contributed by atoms with Gasteiger partial charge in [-0.1, -0.05) is 17.3 Å². The fourth-order valence-electron chi connectivity index (χ4n) is 2.12. The summed E-state index contributed by atoms with van der Waals surface area (Å²) in [6.45, 7) is 5.32. The van der Waals surface area contributed by atoms with E-state index in [4.69, 9.17) is 4.74 Å². The molecule has 8 heteroatoms. The second-order valence-corrected chi connectivity index (χ2v) is 7.29. The molecule has 0 aliphatic heterocycles. The van der Waals surface area contributed by atoms with Gasteiger partial charge in [0.05, 0.1) is 5.52 Å². The summed E-state index contributed by atoms with van der Waals surface area (Å²) >= 11 is 1.60. The Labute approximate surface area is 145 Å². The van der Waals surface area contributed by atoms with Gasteiger partial charge >= 0.3 is 6.09 Å². The van der Waals surface area contributed by atoms with Crippen LogP contribution in [0.2, 0.25) is 0 Å². The molecule has 1 atom stereocenters. The van der Waals surface area contributed by atoms with Crippen molar-refractivity contribution in [2.45, 2.75) is 38.8 Å². The minimum atomic E-state index is -0.725. The molecule has 1 aromatic carbocycles. The van der Waals surface area contributed by atoms with Gasteiger partial charge in [-0.25, -0.2) is 4.79 Å². The molecule has 1 amide bonds. The van der Waals surface area contributed by atoms with Gasteiger partial charge in [0.25, 0.3) is 5.91 Å². The number of thioether (sulfide) groups is 1. The van der Waals surface area contributed by atoms with Gasteiger partial charge in [0.2, 0.25) is 0 Å². The molecule has 0 saturated heterocycles. The molecule has 7 nitrogen and oxygen atoms in total. The van der Waals surface area contributed by atoms with E-state index in [-0.39, 0.29) is 5.91 Å². The molecule has 0 saturated carbocycles. The van der Waals surface area contributed by atoms with Gasteiger partial charge in [-0.2, -0.15) is 16.4 Å². The molecule has 24 heavy (non-hydrogen) atoms. The minimum Gasteiger partial charge on any atom is -0.444 e. The zero-order valence-electron chi connectivity index (χ0n) is 14.3. The van der Waals surface area contributed by atoms with E-state index < -0.39 is 17.7 Å². The quantitative estimate of drug-likeness (QED) is 0.892. The standard InChI is InChI=1S/C16H22N4O3S/c1-16(2,3)23-15(22)17-12(9-10-24-4)14(21)20-13-8-6-5-7-11(13)18-19-20/h5-8,12H,9-10H2,1-4H3,(H,17,22)/t12-/m0/s1. The Morgan fingerprint density at radius 3 is 2.71 bits per heavy atom. The van der Waals surface area contributed by atoms with Gasteiger partial charge in [-0.3, -0.25) is 4.79 Å². The summed E-state index contributed by atoms with van der Waals surface area (Å²) < 4.78 is 6.48. The first-order valence-corrected chi connectivity index (χ1v) is 9.04. The van der Waals surface area contributed by atoms with Crippen LogP contribution < -0.4 is 5.32 Å². The average molecular weight is 350 g/mol. The molecule has 0 unspecified atom stereocenters. The Morgan fingerprint density at radius 1 is 1.33 bits per heavy atom. The van der Waals surface area contributed by atoms with Gasteiger partial charge in [-0.05, 0) is 51.3 Å². The molecular formula is C16H22N4O3S. The van der Waals surface area contributed by atoms with Crippen LogP contribution in [0, 0.1) is 0 Å². The summed E-state index contributed by atoms with van der Waals surface area (Å²) in [6, 6.07) is 6.47. The predicted octanol–water partition coefficient (Wildman–Crippen LogP) is 2.72. The largest absolute Gasteiger partial charge is 0.444 e. The maximum absolute atomic E-state index is 12.8. The molecule has 1 N–H and O–H groups in total. The number of fused-ring (bicyclic) bond motifs is 1. The van der Waals surface area contributed by atoms with E-state index in [0.29, 0.717) is 17.5 Å². The molecule has 130 valence electrons. The van der Waals surface area contributed by atoms with Crippen LogP contribution in [-0.4, -0.2) is 50.6 Å². The smallest absolute Gasteiger partial charge is 0.408 e. The molecule has 1 aromatic heterocycles. The topological polar surface area (TPSA) is 86.1 Å². The highest BCUT2D eigenvalue weighted by molar-refractivity contribution is 7.98. The van der Waals surface area contributed by atoms with E-state index in [9.17, 15) is 9.59 Å². The summed E-state index contributed by atoms with van der Waals surface area (Å²) in [5.41, 5.74) is 0.617. The van der Waals surface area contributed by atoms with Crippen molar-refractivity contribution in [3.63, 3.8) is 0 Å². The number of rotatable bonds is 5. The number of aromatic nitrogens is 3. The predicted molar refractivity (Wildman–Crippen MR) is 94.3 cm³/mol. The number of carbonyl (C=O) groups excluding carboxylic acids is 2. The van der Waals surface area contributed by atoms with Crippen molar-refractivity contribution < 1.29 is 14.3 Å². The highest BCUT2D eigenvalue weighted by atomic mass is 32.2. The molecule has 2 rings (SSSR count). The first-order chi connectivity index (χ1) is 11.3. The van der Waals surface area contributed by atoms with Gasteiger partial charge in [0, 0.05) is 0 Å². The second-order valence-electron chi connectivity index (χ2n) is 6.31. The summed E-state index contributed by atoms with van der Waals surface area (Å²) in [5, 5.41) is 10.6. The lowest BCUT2D eigenvalue weighted by Gasteiger charge is -2.22. The van der Waals surface area contributed by atoms with Crippen LogP contribution in [0.3, 0.4) is 0 Å². The zero-order valence-corrected chi connectivity index (χ0v) is 15.1. The van der Waals surface area contributed by atoms with E-state index in [2.05, 4.69) is 15.6 Å². The lowest BCUT2D eigenvalue weighted by molar-refractivity contribution is 0.0479. The van der Waals surface area contributed by atoms with Gasteiger partial charge in [0.1, 0.15) is 17.2 Å². The fraction of sp³-hybridized carbons (Fsp3) is 0.500. The number of carbonyl (C=O) groups is 2. The molecule has 1 heterocycles. The summed E-state index contributed by atoms with van der Waals surface area (Å²) in [4.78, 5) is 24.8. The molecule has 0 spiro atoms. The monoisotopic (exact) mass is 350 g/mol. The summed E-state index contributed by atoms with van der Waals surface area (Å²) in [7, 11) is 0. The van der Waals surface area contributed by atoms with Crippen LogP contribution in [0.25, 0.3) is 11.0 Å². The molecule has 0 aliphatic rings. The Morgan fingerprint density at radius 2 is 2.04 bits per heavy atom. The molecular weight excluding hydrogens is 328 g/mol. The summed E-state index contributed by atoms with van der Waals surface area (Å²) in [6.07, 6.45) is 1.80. The molecule has 2 aromatic rings. The van der Waals surface area contributed by atoms with E-state index in [1.165, 1.54) is 4.68 Å². The van der Waals surface area contributed by atoms with Crippen LogP contribution in [0.5, 0.6) is 0 Å². The van der Waals surface area contributed by atoms with E-state index in [0.717, 1.165) is 5.75 Å². The fourth-order valence-corrected chi connectivity index (χ4v) is 2.59. The lowest BCUT2D eigenvalue weighted by Crippen LogP contribution is -2.46. The first-order valence-electron chi connectivity index (χ1n) is 7.65. The number of amides is 1.